The minimum absolute atomic E-state index is 0.0393. The molecule has 1 aromatic carbocycles. The molecule has 8 nitrogen and oxygen atoms in total. The van der Waals surface area contributed by atoms with Crippen LogP contribution in [0.15, 0.2) is 45.3 Å². The molecule has 3 rings (SSSR count). The van der Waals surface area contributed by atoms with Crippen LogP contribution in [0, 0.1) is 11.3 Å². The number of fused-ring (bicyclic) bond motifs is 1. The average Bonchev–Trinajstić information content (AvgIpc) is 2.63. The Morgan fingerprint density at radius 3 is 2.64 bits per heavy atom. The first-order valence-corrected chi connectivity index (χ1v) is 7.42. The maximum absolute atomic E-state index is 12.8. The first-order chi connectivity index (χ1) is 11.9. The summed E-state index contributed by atoms with van der Waals surface area (Å²) >= 11 is 0. The van der Waals surface area contributed by atoms with Crippen LogP contribution in [0.3, 0.4) is 0 Å². The van der Waals surface area contributed by atoms with Gasteiger partial charge in [-0.05, 0) is 17.7 Å². The second kappa shape index (κ2) is 5.87. The summed E-state index contributed by atoms with van der Waals surface area (Å²) < 4.78 is 12.8. The number of allylic oxidation sites excluding steroid dienone is 1. The molecule has 0 aliphatic carbocycles. The van der Waals surface area contributed by atoms with Crippen molar-refractivity contribution in [3.05, 3.63) is 67.7 Å². The highest BCUT2D eigenvalue weighted by atomic mass is 16.5. The molecule has 2 heterocycles. The van der Waals surface area contributed by atoms with Crippen molar-refractivity contribution in [1.82, 2.24) is 9.13 Å². The Hall–Kier alpha value is -3.47. The molecule has 25 heavy (non-hydrogen) atoms. The minimum Gasteiger partial charge on any atom is -0.497 e. The van der Waals surface area contributed by atoms with Crippen LogP contribution in [0.4, 0.5) is 0 Å². The second-order valence-electron chi connectivity index (χ2n) is 5.63. The fourth-order valence-electron chi connectivity index (χ4n) is 2.94. The highest BCUT2D eigenvalue weighted by Crippen LogP contribution is 2.40. The third-order valence-electron chi connectivity index (χ3n) is 4.24. The molecule has 1 aromatic heterocycles. The molecule has 0 unspecified atom stereocenters. The number of nitrogens with two attached hydrogens (primary N) is 1. The van der Waals surface area contributed by atoms with Crippen LogP contribution in [-0.4, -0.2) is 16.2 Å². The van der Waals surface area contributed by atoms with Gasteiger partial charge in [0.15, 0.2) is 0 Å². The molecule has 2 aromatic rings. The predicted molar refractivity (Wildman–Crippen MR) is 89.2 cm³/mol. The van der Waals surface area contributed by atoms with Gasteiger partial charge in [0.05, 0.1) is 18.6 Å². The molecule has 0 saturated carbocycles. The fraction of sp³-hybridized carbons (Fsp3) is 0.235. The monoisotopic (exact) mass is 340 g/mol. The van der Waals surface area contributed by atoms with Gasteiger partial charge in [-0.3, -0.25) is 13.9 Å². The maximum atomic E-state index is 12.8. The quantitative estimate of drug-likeness (QED) is 0.842. The van der Waals surface area contributed by atoms with Crippen molar-refractivity contribution in [3.8, 4) is 17.7 Å². The zero-order chi connectivity index (χ0) is 18.3. The highest BCUT2D eigenvalue weighted by Gasteiger charge is 2.36. The van der Waals surface area contributed by atoms with E-state index in [2.05, 4.69) is 0 Å². The van der Waals surface area contributed by atoms with Gasteiger partial charge in [-0.2, -0.15) is 5.26 Å². The van der Waals surface area contributed by atoms with Gasteiger partial charge in [-0.25, -0.2) is 4.79 Å². The van der Waals surface area contributed by atoms with Crippen molar-refractivity contribution in [1.29, 1.82) is 5.26 Å². The van der Waals surface area contributed by atoms with Gasteiger partial charge >= 0.3 is 5.69 Å². The summed E-state index contributed by atoms with van der Waals surface area (Å²) in [5, 5.41) is 9.55. The van der Waals surface area contributed by atoms with E-state index < -0.39 is 17.2 Å². The van der Waals surface area contributed by atoms with Gasteiger partial charge in [-0.1, -0.05) is 12.1 Å². The number of ether oxygens (including phenoxy) is 2. The normalized spacial score (nSPS) is 16.0. The van der Waals surface area contributed by atoms with Crippen molar-refractivity contribution in [2.45, 2.75) is 5.92 Å². The Morgan fingerprint density at radius 1 is 1.28 bits per heavy atom. The van der Waals surface area contributed by atoms with E-state index in [4.69, 9.17) is 15.2 Å². The topological polar surface area (TPSA) is 112 Å². The molecule has 0 saturated heterocycles. The zero-order valence-corrected chi connectivity index (χ0v) is 13.9. The summed E-state index contributed by atoms with van der Waals surface area (Å²) in [7, 11) is 4.38. The summed E-state index contributed by atoms with van der Waals surface area (Å²) in [6.45, 7) is 0. The van der Waals surface area contributed by atoms with Crippen LogP contribution in [-0.2, 0) is 14.1 Å². The summed E-state index contributed by atoms with van der Waals surface area (Å²) in [5.74, 6) is -0.277. The molecule has 1 aliphatic heterocycles. The fourth-order valence-corrected chi connectivity index (χ4v) is 2.94. The summed E-state index contributed by atoms with van der Waals surface area (Å²) in [4.78, 5) is 24.9. The first kappa shape index (κ1) is 16.4. The van der Waals surface area contributed by atoms with Gasteiger partial charge in [-0.15, -0.1) is 0 Å². The van der Waals surface area contributed by atoms with Crippen molar-refractivity contribution < 1.29 is 9.47 Å². The van der Waals surface area contributed by atoms with Crippen LogP contribution < -0.4 is 26.5 Å². The van der Waals surface area contributed by atoms with Gasteiger partial charge in [0, 0.05) is 14.1 Å². The molecule has 0 radical (unpaired) electrons. The second-order valence-corrected chi connectivity index (χ2v) is 5.63. The largest absolute Gasteiger partial charge is 0.497 e. The van der Waals surface area contributed by atoms with E-state index in [-0.39, 0.29) is 22.9 Å². The van der Waals surface area contributed by atoms with Crippen molar-refractivity contribution in [3.63, 3.8) is 0 Å². The molecular weight excluding hydrogens is 324 g/mol. The molecule has 0 spiro atoms. The smallest absolute Gasteiger partial charge is 0.333 e. The lowest BCUT2D eigenvalue weighted by molar-refractivity contribution is 0.348. The number of hydrogen-bond donors (Lipinski definition) is 1. The standard InChI is InChI=1S/C17H16N4O4/c1-20-15(22)13-12(9-5-4-6-10(7-9)24-3)11(8-18)14(19)25-16(13)21(2)17(20)23/h4-7,12H,19H2,1-3H3/t12-/m0/s1. The lowest BCUT2D eigenvalue weighted by atomic mass is 9.85. The lowest BCUT2D eigenvalue weighted by Crippen LogP contribution is -2.42. The summed E-state index contributed by atoms with van der Waals surface area (Å²) in [5.41, 5.74) is 5.74. The van der Waals surface area contributed by atoms with E-state index >= 15 is 0 Å². The third kappa shape index (κ3) is 2.37. The van der Waals surface area contributed by atoms with Crippen LogP contribution in [0.5, 0.6) is 11.6 Å². The van der Waals surface area contributed by atoms with Crippen LogP contribution in [0.25, 0.3) is 0 Å². The molecule has 0 amide bonds. The molecule has 1 atom stereocenters. The Balaban J connectivity index is 2.40. The molecule has 1 aliphatic rings. The molecule has 0 bridgehead atoms. The Morgan fingerprint density at radius 2 is 2.00 bits per heavy atom. The summed E-state index contributed by atoms with van der Waals surface area (Å²) in [6.07, 6.45) is 0. The van der Waals surface area contributed by atoms with Gasteiger partial charge in [0.1, 0.15) is 17.4 Å². The van der Waals surface area contributed by atoms with Crippen LogP contribution in [0.2, 0.25) is 0 Å². The number of nitrogens with zero attached hydrogens (tertiary/aromatic N) is 3. The highest BCUT2D eigenvalue weighted by molar-refractivity contribution is 5.53. The molecule has 128 valence electrons. The van der Waals surface area contributed by atoms with E-state index in [0.717, 1.165) is 4.57 Å². The number of rotatable bonds is 2. The molecular formula is C17H16N4O4. The van der Waals surface area contributed by atoms with E-state index in [0.29, 0.717) is 11.3 Å². The van der Waals surface area contributed by atoms with Crippen LogP contribution in [0.1, 0.15) is 17.0 Å². The Labute approximate surface area is 142 Å². The predicted octanol–water partition coefficient (Wildman–Crippen LogP) is 0.311. The van der Waals surface area contributed by atoms with Gasteiger partial charge < -0.3 is 15.2 Å². The SMILES string of the molecule is COc1cccc([C@H]2C(C#N)=C(N)Oc3c2c(=O)n(C)c(=O)n3C)c1. The van der Waals surface area contributed by atoms with Gasteiger partial charge in [0.2, 0.25) is 11.8 Å². The molecule has 2 N–H and O–H groups in total. The van der Waals surface area contributed by atoms with Crippen molar-refractivity contribution in [2.75, 3.05) is 7.11 Å². The van der Waals surface area contributed by atoms with Gasteiger partial charge in [0.25, 0.3) is 5.56 Å². The average molecular weight is 340 g/mol. The number of methoxy groups -OCH3 is 1. The summed E-state index contributed by atoms with van der Waals surface area (Å²) in [6, 6.07) is 9.00. The van der Waals surface area contributed by atoms with E-state index in [1.165, 1.54) is 25.8 Å². The minimum atomic E-state index is -0.755. The Kier molecular flexibility index (Phi) is 3.85. The van der Waals surface area contributed by atoms with E-state index in [1.807, 2.05) is 6.07 Å². The number of aromatic nitrogens is 2. The zero-order valence-electron chi connectivity index (χ0n) is 13.9. The van der Waals surface area contributed by atoms with E-state index in [1.54, 1.807) is 24.3 Å². The third-order valence-corrected chi connectivity index (χ3v) is 4.24. The maximum Gasteiger partial charge on any atom is 0.333 e. The number of benzene rings is 1. The molecule has 0 fully saturated rings. The Bertz CT molecular complexity index is 1060. The number of nitriles is 1. The van der Waals surface area contributed by atoms with Crippen molar-refractivity contribution in [2.24, 2.45) is 19.8 Å². The number of hydrogen-bond acceptors (Lipinski definition) is 6. The van der Waals surface area contributed by atoms with Crippen LogP contribution >= 0.6 is 0 Å². The van der Waals surface area contributed by atoms with E-state index in [9.17, 15) is 14.9 Å². The van der Waals surface area contributed by atoms with Crippen molar-refractivity contribution >= 4 is 0 Å². The lowest BCUT2D eigenvalue weighted by Gasteiger charge is -2.27. The first-order valence-electron chi connectivity index (χ1n) is 7.42. The molecule has 8 heteroatoms.